The number of aliphatic hydroxyl groups is 1. The number of carbonyl (C=O) groups is 3. The summed E-state index contributed by atoms with van der Waals surface area (Å²) in [5, 5.41) is 19.0. The van der Waals surface area contributed by atoms with Crippen molar-refractivity contribution in [3.63, 3.8) is 0 Å². The minimum Gasteiger partial charge on any atom is -0.396 e. The molecule has 468 valence electrons. The van der Waals surface area contributed by atoms with Crippen LogP contribution in [-0.2, 0) is 34.2 Å². The number of aryl methyl sites for hydroxylation is 2. The highest BCUT2D eigenvalue weighted by molar-refractivity contribution is 6.28. The number of aliphatic hydroxyl groups excluding tert-OH is 1. The lowest BCUT2D eigenvalue weighted by Gasteiger charge is -2.48. The summed E-state index contributed by atoms with van der Waals surface area (Å²) in [6.07, 6.45) is 24.7. The van der Waals surface area contributed by atoms with E-state index in [9.17, 15) is 14.4 Å². The van der Waals surface area contributed by atoms with Crippen molar-refractivity contribution >= 4 is 46.8 Å². The summed E-state index contributed by atoms with van der Waals surface area (Å²) in [6.45, 7) is 2.76. The first kappa shape index (κ1) is 63.8. The Morgan fingerprint density at radius 2 is 0.739 bits per heavy atom. The molecule has 6 amide bonds. The second kappa shape index (κ2) is 27.3. The molecule has 0 bridgehead atoms. The molecule has 20 nitrogen and oxygen atoms in total. The van der Waals surface area contributed by atoms with Crippen LogP contribution in [0.2, 0.25) is 5.28 Å². The molecule has 3 spiro atoms. The Labute approximate surface area is 523 Å². The third kappa shape index (κ3) is 13.5. The molecule has 6 aliphatic rings. The molecule has 0 unspecified atom stereocenters. The van der Waals surface area contributed by atoms with Crippen molar-refractivity contribution in [1.82, 2.24) is 60.6 Å². The highest BCUT2D eigenvalue weighted by atomic mass is 35.5. The fraction of sp³-hybridized carbons (Fsp3) is 0.507. The molecule has 6 heterocycles. The maximum atomic E-state index is 12.8. The van der Waals surface area contributed by atoms with Gasteiger partial charge < -0.3 is 25.8 Å². The summed E-state index contributed by atoms with van der Waals surface area (Å²) in [7, 11) is 14.6. The van der Waals surface area contributed by atoms with Crippen LogP contribution in [0.15, 0.2) is 128 Å². The Kier molecular flexibility index (Phi) is 19.8. The SMILES string of the molecule is CN(C)C1(c2ccccc2)CCC2(CC1)CN(c1cnc(CCCO)nc1)C(=O)N2.CN(C)C1(c2ccccc2)CCC2(CC1)CN(c1cnc(Cl)nc1)C(=O)N2.COCCCc1ncc(N2CC3(CCC(c4ccccc4)(N(C)C)CC3)NC2=O)cn1. The van der Waals surface area contributed by atoms with Gasteiger partial charge in [0.05, 0.1) is 90.5 Å². The minimum absolute atomic E-state index is 0.00211. The van der Waals surface area contributed by atoms with Crippen LogP contribution in [-0.4, -0.2) is 167 Å². The number of rotatable bonds is 16. The molecule has 3 saturated carbocycles. The van der Waals surface area contributed by atoms with Crippen molar-refractivity contribution in [3.05, 3.63) is 162 Å². The molecular weight excluding hydrogens is 1130 g/mol. The van der Waals surface area contributed by atoms with Crippen molar-refractivity contribution in [3.8, 4) is 0 Å². The number of aromatic nitrogens is 6. The third-order valence-corrected chi connectivity index (χ3v) is 20.3. The van der Waals surface area contributed by atoms with Crippen molar-refractivity contribution in [1.29, 1.82) is 0 Å². The van der Waals surface area contributed by atoms with Crippen molar-refractivity contribution in [2.45, 2.75) is 136 Å². The molecule has 0 radical (unpaired) electrons. The number of nitrogens with zero attached hydrogens (tertiary/aromatic N) is 12. The molecule has 3 aromatic carbocycles. The van der Waals surface area contributed by atoms with E-state index in [2.05, 4.69) is 194 Å². The maximum Gasteiger partial charge on any atom is 0.322 e. The van der Waals surface area contributed by atoms with Gasteiger partial charge in [0.2, 0.25) is 5.28 Å². The summed E-state index contributed by atoms with van der Waals surface area (Å²) in [5.74, 6) is 1.48. The van der Waals surface area contributed by atoms with Crippen molar-refractivity contribution in [2.24, 2.45) is 0 Å². The van der Waals surface area contributed by atoms with Crippen molar-refractivity contribution in [2.75, 3.05) is 96.9 Å². The van der Waals surface area contributed by atoms with Gasteiger partial charge in [-0.2, -0.15) is 0 Å². The van der Waals surface area contributed by atoms with E-state index in [0.29, 0.717) is 50.6 Å². The normalized spacial score (nSPS) is 26.7. The van der Waals surface area contributed by atoms with Crippen LogP contribution in [0.25, 0.3) is 0 Å². The molecule has 0 atom stereocenters. The van der Waals surface area contributed by atoms with Gasteiger partial charge in [0.25, 0.3) is 0 Å². The number of hydrogen-bond donors (Lipinski definition) is 4. The lowest BCUT2D eigenvalue weighted by molar-refractivity contribution is 0.0657. The topological polar surface area (TPSA) is 214 Å². The number of nitrogens with one attached hydrogen (secondary N) is 3. The van der Waals surface area contributed by atoms with Gasteiger partial charge in [-0.05, 0) is 160 Å². The molecule has 12 rings (SSSR count). The van der Waals surface area contributed by atoms with Crippen molar-refractivity contribution < 1.29 is 24.2 Å². The van der Waals surface area contributed by atoms with Crippen LogP contribution < -0.4 is 30.7 Å². The molecule has 88 heavy (non-hydrogen) atoms. The van der Waals surface area contributed by atoms with Gasteiger partial charge >= 0.3 is 18.1 Å². The number of halogens is 1. The fourth-order valence-electron chi connectivity index (χ4n) is 14.5. The summed E-state index contributed by atoms with van der Waals surface area (Å²) >= 11 is 5.77. The predicted molar refractivity (Wildman–Crippen MR) is 343 cm³/mol. The Morgan fingerprint density at radius 1 is 0.455 bits per heavy atom. The Balaban J connectivity index is 0.000000146. The second-order valence-electron chi connectivity index (χ2n) is 25.6. The number of benzene rings is 3. The smallest absolute Gasteiger partial charge is 0.322 e. The Morgan fingerprint density at radius 3 is 1.01 bits per heavy atom. The van der Waals surface area contributed by atoms with E-state index in [1.165, 1.54) is 16.7 Å². The molecule has 3 aliphatic carbocycles. The molecule has 6 aromatic rings. The van der Waals surface area contributed by atoms with E-state index < -0.39 is 0 Å². The summed E-state index contributed by atoms with van der Waals surface area (Å²) in [5.41, 5.74) is 5.63. The molecular formula is C67H88ClN15O5. The van der Waals surface area contributed by atoms with Gasteiger partial charge in [0, 0.05) is 49.8 Å². The number of anilines is 3. The van der Waals surface area contributed by atoms with Gasteiger partial charge in [0.15, 0.2) is 0 Å². The second-order valence-corrected chi connectivity index (χ2v) is 26.0. The maximum absolute atomic E-state index is 12.8. The number of urea groups is 3. The fourth-order valence-corrected chi connectivity index (χ4v) is 14.6. The van der Waals surface area contributed by atoms with Crippen LogP contribution in [0.1, 0.15) is 118 Å². The van der Waals surface area contributed by atoms with Gasteiger partial charge in [0.1, 0.15) is 11.6 Å². The lowest BCUT2D eigenvalue weighted by Crippen LogP contribution is -2.54. The van der Waals surface area contributed by atoms with E-state index in [-0.39, 0.29) is 63.2 Å². The zero-order valence-corrected chi connectivity index (χ0v) is 53.1. The zero-order valence-electron chi connectivity index (χ0n) is 52.3. The molecule has 4 N–H and O–H groups in total. The number of amides is 6. The van der Waals surface area contributed by atoms with Crippen LogP contribution in [0.5, 0.6) is 0 Å². The molecule has 3 aliphatic heterocycles. The van der Waals surface area contributed by atoms with Gasteiger partial charge in [-0.25, -0.2) is 44.3 Å². The van der Waals surface area contributed by atoms with E-state index in [4.69, 9.17) is 21.4 Å². The number of hydrogen-bond acceptors (Lipinski definition) is 14. The molecule has 6 fully saturated rings. The quantitative estimate of drug-likeness (QED) is 0.0525. The monoisotopic (exact) mass is 1220 g/mol. The Hall–Kier alpha value is -7.20. The zero-order chi connectivity index (χ0) is 62.2. The van der Waals surface area contributed by atoms with E-state index in [1.807, 2.05) is 0 Å². The van der Waals surface area contributed by atoms with Crippen LogP contribution in [0.3, 0.4) is 0 Å². The first-order valence-electron chi connectivity index (χ1n) is 31.1. The average molecular weight is 1220 g/mol. The molecule has 21 heteroatoms. The third-order valence-electron chi connectivity index (χ3n) is 20.1. The van der Waals surface area contributed by atoms with Gasteiger partial charge in [-0.1, -0.05) is 91.0 Å². The van der Waals surface area contributed by atoms with Crippen LogP contribution in [0.4, 0.5) is 31.4 Å². The Bertz CT molecular complexity index is 3250. The highest BCUT2D eigenvalue weighted by Crippen LogP contribution is 2.49. The first-order chi connectivity index (χ1) is 42.4. The largest absolute Gasteiger partial charge is 0.396 e. The predicted octanol–water partition coefficient (Wildman–Crippen LogP) is 9.49. The van der Waals surface area contributed by atoms with E-state index >= 15 is 0 Å². The number of carbonyl (C=O) groups excluding carboxylic acids is 3. The van der Waals surface area contributed by atoms with E-state index in [0.717, 1.165) is 107 Å². The number of ether oxygens (including phenoxy) is 1. The minimum atomic E-state index is -0.207. The van der Waals surface area contributed by atoms with Gasteiger partial charge in [-0.3, -0.25) is 29.4 Å². The van der Waals surface area contributed by atoms with E-state index in [1.54, 1.807) is 59.0 Å². The van der Waals surface area contributed by atoms with Crippen LogP contribution in [0, 0.1) is 0 Å². The summed E-state index contributed by atoms with van der Waals surface area (Å²) < 4.78 is 5.08. The highest BCUT2D eigenvalue weighted by Gasteiger charge is 2.53. The first-order valence-corrected chi connectivity index (χ1v) is 31.5. The number of methoxy groups -OCH3 is 1. The summed E-state index contributed by atoms with van der Waals surface area (Å²) in [4.78, 5) is 76.2. The molecule has 3 saturated heterocycles. The molecule has 3 aromatic heterocycles. The van der Waals surface area contributed by atoms with Crippen LogP contribution >= 0.6 is 11.6 Å². The van der Waals surface area contributed by atoms with Gasteiger partial charge in [-0.15, -0.1) is 0 Å². The lowest BCUT2D eigenvalue weighted by atomic mass is 9.69. The standard InChI is InChI=1S/C24H33N5O2.C23H31N5O2.C20H24ClN5O/c1-28(2)24(19-8-5-4-6-9-19)13-11-23(12-14-24)18-29(22(30)27-23)20-16-25-21(26-17-20)10-7-15-31-3;1-27(2)23(18-7-4-3-5-8-18)12-10-22(11-13-23)17-28(21(30)26-22)19-15-24-20(25-16-19)9-6-14-29;1-25(2)20(15-6-4-3-5-7-15)10-8-19(9-11-20)14-26(18(27)24-19)16-12-22-17(21)23-13-16/h4-6,8-9,16-17H,7,10-15,18H2,1-3H3,(H,27,30);3-5,7-8,15-16,29H,6,9-14,17H2,1-2H3,(H,26,30);3-7,12-13H,8-11,14H2,1-2H3,(H,24,27). The average Bonchev–Trinajstić information content (AvgIpc) is 1.96. The summed E-state index contributed by atoms with van der Waals surface area (Å²) in [6, 6.07) is 31.9.